The molecular weight excluding hydrogens is 328 g/mol. The van der Waals surface area contributed by atoms with Crippen LogP contribution >= 0.6 is 0 Å². The zero-order valence-corrected chi connectivity index (χ0v) is 14.3. The lowest BCUT2D eigenvalue weighted by atomic mass is 10.1. The third kappa shape index (κ3) is 3.73. The van der Waals surface area contributed by atoms with Crippen LogP contribution in [0.3, 0.4) is 0 Å². The molecule has 1 aromatic carbocycles. The number of phenolic OH excluding ortho intramolecular Hbond substituents is 1. The van der Waals surface area contributed by atoms with Gasteiger partial charge in [-0.25, -0.2) is 4.79 Å². The summed E-state index contributed by atoms with van der Waals surface area (Å²) in [6, 6.07) is 2.19. The molecule has 1 aliphatic heterocycles. The van der Waals surface area contributed by atoms with Gasteiger partial charge in [0.15, 0.2) is 11.5 Å². The number of rotatable bonds is 6. The molecule has 4 amide bonds. The van der Waals surface area contributed by atoms with Crippen molar-refractivity contribution in [3.8, 4) is 17.2 Å². The second-order valence-electron chi connectivity index (χ2n) is 5.40. The number of benzene rings is 1. The number of carbonyl (C=O) groups is 3. The minimum absolute atomic E-state index is 0.133. The topological polar surface area (TPSA) is 105 Å². The van der Waals surface area contributed by atoms with Gasteiger partial charge in [0.25, 0.3) is 11.8 Å². The van der Waals surface area contributed by atoms with Crippen LogP contribution in [0.1, 0.15) is 25.3 Å². The van der Waals surface area contributed by atoms with Crippen molar-refractivity contribution < 1.29 is 29.0 Å². The van der Waals surface area contributed by atoms with Crippen molar-refractivity contribution in [1.29, 1.82) is 0 Å². The first-order chi connectivity index (χ1) is 11.9. The van der Waals surface area contributed by atoms with Crippen molar-refractivity contribution >= 4 is 23.9 Å². The second-order valence-corrected chi connectivity index (χ2v) is 5.40. The fraction of sp³-hybridized carbons (Fsp3) is 0.353. The molecule has 1 aromatic rings. The maximum atomic E-state index is 12.5. The number of phenols is 1. The van der Waals surface area contributed by atoms with Gasteiger partial charge in [-0.15, -0.1) is 0 Å². The molecule has 0 bridgehead atoms. The number of urea groups is 1. The molecule has 2 rings (SSSR count). The van der Waals surface area contributed by atoms with E-state index in [1.54, 1.807) is 0 Å². The summed E-state index contributed by atoms with van der Waals surface area (Å²) in [6.07, 6.45) is 2.77. The Morgan fingerprint density at radius 3 is 2.28 bits per heavy atom. The molecular formula is C17H20N2O6. The lowest BCUT2D eigenvalue weighted by Crippen LogP contribution is -2.54. The van der Waals surface area contributed by atoms with Crippen LogP contribution in [0.5, 0.6) is 17.2 Å². The van der Waals surface area contributed by atoms with Crippen molar-refractivity contribution in [2.24, 2.45) is 0 Å². The Labute approximate surface area is 145 Å². The first-order valence-corrected chi connectivity index (χ1v) is 7.76. The van der Waals surface area contributed by atoms with Crippen LogP contribution in [0.2, 0.25) is 0 Å². The lowest BCUT2D eigenvalue weighted by molar-refractivity contribution is -0.130. The number of imide groups is 2. The first kappa shape index (κ1) is 18.3. The number of hydrogen-bond acceptors (Lipinski definition) is 6. The van der Waals surface area contributed by atoms with Gasteiger partial charge in [-0.1, -0.05) is 13.3 Å². The van der Waals surface area contributed by atoms with Crippen LogP contribution < -0.4 is 14.8 Å². The number of unbranched alkanes of at least 4 members (excludes halogenated alkanes) is 1. The third-order valence-corrected chi connectivity index (χ3v) is 3.73. The van der Waals surface area contributed by atoms with E-state index in [1.807, 2.05) is 6.92 Å². The molecule has 1 aliphatic rings. The SMILES string of the molecule is CCCCN1C(=O)NC(=O)/C(=C\c2cc(OC)c(O)c(OC)c2)C1=O. The van der Waals surface area contributed by atoms with Crippen LogP contribution in [0.15, 0.2) is 17.7 Å². The largest absolute Gasteiger partial charge is 0.502 e. The number of nitrogens with one attached hydrogen (secondary N) is 1. The molecule has 8 nitrogen and oxygen atoms in total. The summed E-state index contributed by atoms with van der Waals surface area (Å²) < 4.78 is 10.1. The van der Waals surface area contributed by atoms with E-state index in [9.17, 15) is 19.5 Å². The number of barbiturate groups is 1. The van der Waals surface area contributed by atoms with Gasteiger partial charge < -0.3 is 14.6 Å². The maximum absolute atomic E-state index is 12.5. The van der Waals surface area contributed by atoms with E-state index in [2.05, 4.69) is 5.32 Å². The number of methoxy groups -OCH3 is 2. The molecule has 0 atom stereocenters. The fourth-order valence-electron chi connectivity index (χ4n) is 2.38. The molecule has 1 saturated heterocycles. The van der Waals surface area contributed by atoms with Gasteiger partial charge in [-0.05, 0) is 30.2 Å². The molecule has 0 spiro atoms. The minimum atomic E-state index is -0.770. The second kappa shape index (κ2) is 7.69. The van der Waals surface area contributed by atoms with Crippen LogP contribution in [-0.4, -0.2) is 48.6 Å². The highest BCUT2D eigenvalue weighted by Gasteiger charge is 2.35. The van der Waals surface area contributed by atoms with E-state index >= 15 is 0 Å². The molecule has 2 N–H and O–H groups in total. The van der Waals surface area contributed by atoms with Crippen molar-refractivity contribution in [2.75, 3.05) is 20.8 Å². The molecule has 8 heteroatoms. The standard InChI is InChI=1S/C17H20N2O6/c1-4-5-6-19-16(22)11(15(21)18-17(19)23)7-10-8-12(24-2)14(20)13(9-10)25-3/h7-9,20H,4-6H2,1-3H3,(H,18,21,23)/b11-7+. The average Bonchev–Trinajstić information content (AvgIpc) is 2.59. The van der Waals surface area contributed by atoms with E-state index in [-0.39, 0.29) is 29.4 Å². The van der Waals surface area contributed by atoms with E-state index < -0.39 is 17.8 Å². The van der Waals surface area contributed by atoms with Gasteiger partial charge in [0.05, 0.1) is 14.2 Å². The molecule has 0 aliphatic carbocycles. The Morgan fingerprint density at radius 1 is 1.16 bits per heavy atom. The smallest absolute Gasteiger partial charge is 0.331 e. The third-order valence-electron chi connectivity index (χ3n) is 3.73. The molecule has 0 unspecified atom stereocenters. The van der Waals surface area contributed by atoms with Gasteiger partial charge >= 0.3 is 6.03 Å². The van der Waals surface area contributed by atoms with Crippen molar-refractivity contribution in [3.05, 3.63) is 23.3 Å². The van der Waals surface area contributed by atoms with E-state index in [1.165, 1.54) is 32.4 Å². The van der Waals surface area contributed by atoms with E-state index in [4.69, 9.17) is 9.47 Å². The molecule has 0 radical (unpaired) electrons. The predicted molar refractivity (Wildman–Crippen MR) is 89.3 cm³/mol. The summed E-state index contributed by atoms with van der Waals surface area (Å²) in [5, 5.41) is 12.1. The summed E-state index contributed by atoms with van der Waals surface area (Å²) >= 11 is 0. The summed E-state index contributed by atoms with van der Waals surface area (Å²) in [5.41, 5.74) is 0.236. The highest BCUT2D eigenvalue weighted by atomic mass is 16.5. The minimum Gasteiger partial charge on any atom is -0.502 e. The van der Waals surface area contributed by atoms with Crippen LogP contribution in [0.25, 0.3) is 6.08 Å². The predicted octanol–water partition coefficient (Wildman–Crippen LogP) is 1.67. The number of nitrogens with zero attached hydrogens (tertiary/aromatic N) is 1. The molecule has 1 heterocycles. The van der Waals surface area contributed by atoms with Gasteiger partial charge in [0.1, 0.15) is 5.57 Å². The molecule has 25 heavy (non-hydrogen) atoms. The van der Waals surface area contributed by atoms with E-state index in [0.717, 1.165) is 11.3 Å². The molecule has 0 saturated carbocycles. The monoisotopic (exact) mass is 348 g/mol. The highest BCUT2D eigenvalue weighted by Crippen LogP contribution is 2.37. The number of amides is 4. The summed E-state index contributed by atoms with van der Waals surface area (Å²) in [5.74, 6) is -1.35. The Bertz CT molecular complexity index is 716. The van der Waals surface area contributed by atoms with Crippen LogP contribution in [-0.2, 0) is 9.59 Å². The Hall–Kier alpha value is -3.03. The van der Waals surface area contributed by atoms with Crippen molar-refractivity contribution in [3.63, 3.8) is 0 Å². The number of hydrogen-bond donors (Lipinski definition) is 2. The molecule has 134 valence electrons. The summed E-state index contributed by atoms with van der Waals surface area (Å²) in [6.45, 7) is 2.16. The Balaban J connectivity index is 2.43. The maximum Gasteiger partial charge on any atom is 0.331 e. The average molecular weight is 348 g/mol. The molecule has 0 aromatic heterocycles. The first-order valence-electron chi connectivity index (χ1n) is 7.76. The lowest BCUT2D eigenvalue weighted by Gasteiger charge is -2.26. The number of carbonyl (C=O) groups excluding carboxylic acids is 3. The van der Waals surface area contributed by atoms with Crippen molar-refractivity contribution in [2.45, 2.75) is 19.8 Å². The quantitative estimate of drug-likeness (QED) is 0.598. The molecule has 1 fully saturated rings. The van der Waals surface area contributed by atoms with Gasteiger partial charge in [-0.2, -0.15) is 0 Å². The van der Waals surface area contributed by atoms with Gasteiger partial charge in [0, 0.05) is 6.54 Å². The Morgan fingerprint density at radius 2 is 1.76 bits per heavy atom. The summed E-state index contributed by atoms with van der Waals surface area (Å²) in [4.78, 5) is 37.4. The number of aromatic hydroxyl groups is 1. The summed E-state index contributed by atoms with van der Waals surface area (Å²) in [7, 11) is 2.74. The zero-order chi connectivity index (χ0) is 18.6. The Kier molecular flexibility index (Phi) is 5.63. The van der Waals surface area contributed by atoms with Crippen LogP contribution in [0.4, 0.5) is 4.79 Å². The van der Waals surface area contributed by atoms with E-state index in [0.29, 0.717) is 12.0 Å². The fourth-order valence-corrected chi connectivity index (χ4v) is 2.38. The normalized spacial score (nSPS) is 16.2. The van der Waals surface area contributed by atoms with Gasteiger partial charge in [0.2, 0.25) is 5.75 Å². The number of ether oxygens (including phenoxy) is 2. The van der Waals surface area contributed by atoms with Crippen molar-refractivity contribution in [1.82, 2.24) is 10.2 Å². The zero-order valence-electron chi connectivity index (χ0n) is 14.3. The van der Waals surface area contributed by atoms with Crippen LogP contribution in [0, 0.1) is 0 Å². The van der Waals surface area contributed by atoms with Gasteiger partial charge in [-0.3, -0.25) is 19.8 Å². The highest BCUT2D eigenvalue weighted by molar-refractivity contribution is 6.31.